The van der Waals surface area contributed by atoms with Crippen LogP contribution in [-0.2, 0) is 11.3 Å². The Morgan fingerprint density at radius 3 is 2.57 bits per heavy atom. The number of pyridine rings is 1. The van der Waals surface area contributed by atoms with Gasteiger partial charge in [0.2, 0.25) is 5.91 Å². The molecule has 6 heteroatoms. The number of carbonyl (C=O) groups is 2. The average Bonchev–Trinajstić information content (AvgIpc) is 3.44. The second kappa shape index (κ2) is 10.8. The fourth-order valence-electron chi connectivity index (χ4n) is 4.87. The smallest absolute Gasteiger partial charge is 0.265 e. The van der Waals surface area contributed by atoms with Crippen LogP contribution in [-0.4, -0.2) is 27.7 Å². The summed E-state index contributed by atoms with van der Waals surface area (Å²) in [5.41, 5.74) is 2.64. The lowest BCUT2D eigenvalue weighted by molar-refractivity contribution is -0.127. The zero-order chi connectivity index (χ0) is 24.0. The number of nitrogens with zero attached hydrogens (tertiary/aromatic N) is 2. The zero-order valence-corrected chi connectivity index (χ0v) is 20.4. The van der Waals surface area contributed by atoms with Crippen LogP contribution < -0.4 is 5.32 Å². The SMILES string of the molecule is O=C(NC1CCCCC1)[C@H](c1ccc2ncccc2c1)N(Cc1ccccc1)C(=O)c1cccs1. The van der Waals surface area contributed by atoms with Crippen molar-refractivity contribution in [3.63, 3.8) is 0 Å². The van der Waals surface area contributed by atoms with Gasteiger partial charge < -0.3 is 10.2 Å². The van der Waals surface area contributed by atoms with Crippen LogP contribution in [0, 0.1) is 0 Å². The summed E-state index contributed by atoms with van der Waals surface area (Å²) in [6.45, 7) is 0.339. The predicted molar refractivity (Wildman–Crippen MR) is 140 cm³/mol. The molecular formula is C29H29N3O2S. The number of thiophene rings is 1. The molecule has 0 aliphatic heterocycles. The number of amides is 2. The van der Waals surface area contributed by atoms with Gasteiger partial charge in [-0.3, -0.25) is 14.6 Å². The summed E-state index contributed by atoms with van der Waals surface area (Å²) in [5, 5.41) is 6.13. The molecular weight excluding hydrogens is 454 g/mol. The molecule has 2 aromatic heterocycles. The minimum Gasteiger partial charge on any atom is -0.351 e. The monoisotopic (exact) mass is 483 g/mol. The third-order valence-electron chi connectivity index (χ3n) is 6.64. The van der Waals surface area contributed by atoms with Crippen molar-refractivity contribution < 1.29 is 9.59 Å². The maximum absolute atomic E-state index is 13.9. The van der Waals surface area contributed by atoms with Crippen molar-refractivity contribution in [2.75, 3.05) is 0 Å². The molecule has 0 spiro atoms. The highest BCUT2D eigenvalue weighted by Gasteiger charge is 2.34. The number of carbonyl (C=O) groups excluding carboxylic acids is 2. The van der Waals surface area contributed by atoms with Gasteiger partial charge in [0.15, 0.2) is 0 Å². The summed E-state index contributed by atoms with van der Waals surface area (Å²) in [6, 6.07) is 22.7. The van der Waals surface area contributed by atoms with Crippen LogP contribution in [0.1, 0.15) is 58.9 Å². The van der Waals surface area contributed by atoms with Gasteiger partial charge in [0.05, 0.1) is 10.4 Å². The van der Waals surface area contributed by atoms with Crippen molar-refractivity contribution in [1.29, 1.82) is 0 Å². The van der Waals surface area contributed by atoms with Crippen LogP contribution in [0.15, 0.2) is 84.4 Å². The molecule has 1 N–H and O–H groups in total. The summed E-state index contributed by atoms with van der Waals surface area (Å²) < 4.78 is 0. The first-order valence-corrected chi connectivity index (χ1v) is 13.1. The van der Waals surface area contributed by atoms with Gasteiger partial charge in [-0.25, -0.2) is 0 Å². The maximum atomic E-state index is 13.9. The normalized spacial score (nSPS) is 15.0. The second-order valence-electron chi connectivity index (χ2n) is 9.10. The minimum absolute atomic E-state index is 0.124. The van der Waals surface area contributed by atoms with E-state index in [1.807, 2.05) is 78.2 Å². The Kier molecular flexibility index (Phi) is 7.19. The van der Waals surface area contributed by atoms with Crippen molar-refractivity contribution >= 4 is 34.1 Å². The summed E-state index contributed by atoms with van der Waals surface area (Å²) >= 11 is 1.40. The minimum atomic E-state index is -0.753. The lowest BCUT2D eigenvalue weighted by Crippen LogP contribution is -2.46. The molecule has 2 aromatic carbocycles. The Morgan fingerprint density at radius 2 is 1.80 bits per heavy atom. The largest absolute Gasteiger partial charge is 0.351 e. The molecule has 1 aliphatic carbocycles. The van der Waals surface area contributed by atoms with E-state index in [9.17, 15) is 9.59 Å². The summed E-state index contributed by atoms with van der Waals surface area (Å²) in [7, 11) is 0. The zero-order valence-electron chi connectivity index (χ0n) is 19.6. The first-order chi connectivity index (χ1) is 17.2. The molecule has 2 amide bonds. The number of hydrogen-bond acceptors (Lipinski definition) is 4. The van der Waals surface area contributed by atoms with E-state index in [0.717, 1.165) is 47.7 Å². The highest BCUT2D eigenvalue weighted by Crippen LogP contribution is 2.30. The van der Waals surface area contributed by atoms with E-state index < -0.39 is 6.04 Å². The van der Waals surface area contributed by atoms with Gasteiger partial charge in [-0.15, -0.1) is 11.3 Å². The number of aromatic nitrogens is 1. The van der Waals surface area contributed by atoms with Crippen LogP contribution in [0.2, 0.25) is 0 Å². The highest BCUT2D eigenvalue weighted by atomic mass is 32.1. The Morgan fingerprint density at radius 1 is 0.971 bits per heavy atom. The van der Waals surface area contributed by atoms with E-state index >= 15 is 0 Å². The van der Waals surface area contributed by atoms with E-state index in [2.05, 4.69) is 10.3 Å². The lowest BCUT2D eigenvalue weighted by atomic mass is 9.94. The predicted octanol–water partition coefficient (Wildman–Crippen LogP) is 6.13. The lowest BCUT2D eigenvalue weighted by Gasteiger charge is -2.33. The van der Waals surface area contributed by atoms with Gasteiger partial charge in [0, 0.05) is 24.2 Å². The van der Waals surface area contributed by atoms with Gasteiger partial charge in [0.25, 0.3) is 5.91 Å². The fraction of sp³-hybridized carbons (Fsp3) is 0.276. The second-order valence-corrected chi connectivity index (χ2v) is 10.0. The highest BCUT2D eigenvalue weighted by molar-refractivity contribution is 7.12. The van der Waals surface area contributed by atoms with Crippen LogP contribution in [0.25, 0.3) is 10.9 Å². The quantitative estimate of drug-likeness (QED) is 0.344. The van der Waals surface area contributed by atoms with Gasteiger partial charge in [-0.1, -0.05) is 67.8 Å². The molecule has 1 fully saturated rings. The molecule has 1 atom stereocenters. The Labute approximate surface area is 209 Å². The molecule has 178 valence electrons. The summed E-state index contributed by atoms with van der Waals surface area (Å²) in [5.74, 6) is -0.264. The fourth-order valence-corrected chi connectivity index (χ4v) is 5.55. The molecule has 35 heavy (non-hydrogen) atoms. The first kappa shape index (κ1) is 23.2. The van der Waals surface area contributed by atoms with Crippen LogP contribution in [0.3, 0.4) is 0 Å². The van der Waals surface area contributed by atoms with Crippen molar-refractivity contribution in [3.8, 4) is 0 Å². The molecule has 5 rings (SSSR count). The number of benzene rings is 2. The molecule has 5 nitrogen and oxygen atoms in total. The average molecular weight is 484 g/mol. The number of nitrogens with one attached hydrogen (secondary N) is 1. The number of fused-ring (bicyclic) bond motifs is 1. The van der Waals surface area contributed by atoms with Crippen molar-refractivity contribution in [1.82, 2.24) is 15.2 Å². The summed E-state index contributed by atoms with van der Waals surface area (Å²) in [4.78, 5) is 34.5. The Bertz CT molecular complexity index is 1280. The molecule has 0 saturated heterocycles. The molecule has 0 unspecified atom stereocenters. The molecule has 4 aromatic rings. The van der Waals surface area contributed by atoms with Gasteiger partial charge >= 0.3 is 0 Å². The standard InChI is InChI=1S/C29H29N3O2S/c33-28(31-24-12-5-2-6-13-24)27(23-15-16-25-22(19-23)11-7-17-30-25)32(20-21-9-3-1-4-10-21)29(34)26-14-8-18-35-26/h1,3-4,7-11,14-19,24,27H,2,5-6,12-13,20H2,(H,31,33)/t27-/m0/s1. The van der Waals surface area contributed by atoms with Crippen molar-refractivity contribution in [3.05, 3.63) is 100 Å². The summed E-state index contributed by atoms with van der Waals surface area (Å²) in [6.07, 6.45) is 7.19. The first-order valence-electron chi connectivity index (χ1n) is 12.2. The molecule has 0 bridgehead atoms. The van der Waals surface area contributed by atoms with Gasteiger partial charge in [0.1, 0.15) is 6.04 Å². The van der Waals surface area contributed by atoms with E-state index in [-0.39, 0.29) is 17.9 Å². The topological polar surface area (TPSA) is 62.3 Å². The van der Waals surface area contributed by atoms with E-state index in [4.69, 9.17) is 0 Å². The third kappa shape index (κ3) is 5.43. The van der Waals surface area contributed by atoms with Crippen LogP contribution in [0.4, 0.5) is 0 Å². The van der Waals surface area contributed by atoms with E-state index in [1.54, 1.807) is 11.1 Å². The van der Waals surface area contributed by atoms with Gasteiger partial charge in [-0.05, 0) is 53.6 Å². The van der Waals surface area contributed by atoms with Crippen molar-refractivity contribution in [2.24, 2.45) is 0 Å². The Balaban J connectivity index is 1.57. The van der Waals surface area contributed by atoms with E-state index in [0.29, 0.717) is 11.4 Å². The molecule has 0 radical (unpaired) electrons. The maximum Gasteiger partial charge on any atom is 0.265 e. The van der Waals surface area contributed by atoms with Gasteiger partial charge in [-0.2, -0.15) is 0 Å². The number of hydrogen-bond donors (Lipinski definition) is 1. The Hall–Kier alpha value is -3.51. The molecule has 1 aliphatic rings. The third-order valence-corrected chi connectivity index (χ3v) is 7.50. The number of rotatable bonds is 7. The van der Waals surface area contributed by atoms with E-state index in [1.165, 1.54) is 17.8 Å². The van der Waals surface area contributed by atoms with Crippen molar-refractivity contribution in [2.45, 2.75) is 50.7 Å². The molecule has 2 heterocycles. The molecule has 1 saturated carbocycles. The van der Waals surface area contributed by atoms with Crippen LogP contribution in [0.5, 0.6) is 0 Å². The van der Waals surface area contributed by atoms with Crippen LogP contribution >= 0.6 is 11.3 Å².